The van der Waals surface area contributed by atoms with Crippen LogP contribution < -0.4 is 101 Å². The molecule has 0 saturated heterocycles. The van der Waals surface area contributed by atoms with Gasteiger partial charge in [-0.2, -0.15) is 0 Å². The molecule has 0 aliphatic heterocycles. The van der Waals surface area contributed by atoms with Crippen molar-refractivity contribution in [2.45, 2.75) is 0 Å². The van der Waals surface area contributed by atoms with E-state index >= 15 is 0 Å². The van der Waals surface area contributed by atoms with Crippen LogP contribution in [0.5, 0.6) is 0 Å². The SMILES string of the molecule is O.O=[As]([O-])([O-])[O-].[Na+].[Na+].[Na+]. The van der Waals surface area contributed by atoms with Gasteiger partial charge in [-0.25, -0.2) is 0 Å². The van der Waals surface area contributed by atoms with Crippen molar-refractivity contribution in [2.24, 2.45) is 0 Å². The van der Waals surface area contributed by atoms with E-state index in [4.69, 9.17) is 16.0 Å². The maximum Gasteiger partial charge on any atom is 1.00 e. The van der Waals surface area contributed by atoms with Gasteiger partial charge in [0.2, 0.25) is 0 Å². The average Bonchev–Trinajstić information content (AvgIpc) is 0.722. The molecule has 0 saturated carbocycles. The number of hydrogen-bond donors (Lipinski definition) is 0. The normalized spacial score (nSPS) is 6.56. The molecule has 0 amide bonds. The third-order valence-electron chi connectivity index (χ3n) is 0. The summed E-state index contributed by atoms with van der Waals surface area (Å²) in [6, 6.07) is 0. The van der Waals surface area contributed by atoms with Gasteiger partial charge in [0.25, 0.3) is 0 Å². The minimum absolute atomic E-state index is 0. The summed E-state index contributed by atoms with van der Waals surface area (Å²) in [6.07, 6.45) is 0. The van der Waals surface area contributed by atoms with Gasteiger partial charge >= 0.3 is 119 Å². The smallest absolute Gasteiger partial charge is 1.00 e. The van der Waals surface area contributed by atoms with Crippen LogP contribution in [0.25, 0.3) is 0 Å². The molecule has 0 aromatic rings. The summed E-state index contributed by atoms with van der Waals surface area (Å²) in [7, 11) is 0. The Hall–Kier alpha value is 3.20. The molecule has 0 fully saturated rings. The zero-order valence-corrected chi connectivity index (χ0v) is 13.5. The second-order valence-electron chi connectivity index (χ2n) is 0.447. The summed E-state index contributed by atoms with van der Waals surface area (Å²) in [5.74, 6) is 0. The molecule has 0 rings (SSSR count). The van der Waals surface area contributed by atoms with Crippen LogP contribution >= 0.6 is 0 Å². The van der Waals surface area contributed by atoms with Crippen LogP contribution in [0.15, 0.2) is 0 Å². The third-order valence-corrected chi connectivity index (χ3v) is 0. The molecule has 0 aromatic heterocycles. The van der Waals surface area contributed by atoms with Crippen LogP contribution in [0.4, 0.5) is 0 Å². The van der Waals surface area contributed by atoms with Crippen molar-refractivity contribution in [1.82, 2.24) is 0 Å². The van der Waals surface area contributed by atoms with Gasteiger partial charge in [-0.05, 0) is 0 Å². The Morgan fingerprint density at radius 1 is 0.889 bits per heavy atom. The van der Waals surface area contributed by atoms with E-state index < -0.39 is 14.5 Å². The molecule has 0 unspecified atom stereocenters. The van der Waals surface area contributed by atoms with E-state index in [0.29, 0.717) is 0 Å². The van der Waals surface area contributed by atoms with Crippen LogP contribution in [0, 0.1) is 0 Å². The minimum atomic E-state index is -5.88. The first-order chi connectivity index (χ1) is 2.00. The Bertz CT molecular complexity index is 58.3. The zero-order chi connectivity index (χ0) is 4.50. The molecule has 2 N–H and O–H groups in total. The van der Waals surface area contributed by atoms with Gasteiger partial charge < -0.3 is 5.48 Å². The second kappa shape index (κ2) is 13.8. The van der Waals surface area contributed by atoms with Crippen LogP contribution in [0.2, 0.25) is 0 Å². The van der Waals surface area contributed by atoms with E-state index in [1.807, 2.05) is 0 Å². The largest absolute Gasteiger partial charge is 1.00 e. The number of rotatable bonds is 0. The van der Waals surface area contributed by atoms with Gasteiger partial charge in [-0.1, -0.05) is 0 Å². The van der Waals surface area contributed by atoms with Gasteiger partial charge in [0.1, 0.15) is 0 Å². The molecular formula is H2AsNa3O5. The van der Waals surface area contributed by atoms with E-state index in [0.717, 1.165) is 0 Å². The Morgan fingerprint density at radius 3 is 0.889 bits per heavy atom. The predicted octanol–water partition coefficient (Wildman–Crippen LogP) is -13.9. The van der Waals surface area contributed by atoms with Crippen LogP contribution in [0.3, 0.4) is 0 Å². The van der Waals surface area contributed by atoms with E-state index in [1.165, 1.54) is 0 Å². The average molecular weight is 226 g/mol. The molecule has 0 radical (unpaired) electrons. The Labute approximate surface area is 122 Å². The van der Waals surface area contributed by atoms with Gasteiger partial charge in [-0.15, -0.1) is 0 Å². The van der Waals surface area contributed by atoms with Gasteiger partial charge in [0, 0.05) is 0 Å². The first kappa shape index (κ1) is 29.5. The molecular weight excluding hydrogens is 224 g/mol. The molecule has 0 atom stereocenters. The molecule has 0 aliphatic rings. The second-order valence-corrected chi connectivity index (χ2v) is 2.32. The molecule has 40 valence electrons. The third kappa shape index (κ3) is 92.6. The van der Waals surface area contributed by atoms with Crippen molar-refractivity contribution in [3.05, 3.63) is 0 Å². The summed E-state index contributed by atoms with van der Waals surface area (Å²) in [4.78, 5) is 0. The summed E-state index contributed by atoms with van der Waals surface area (Å²) >= 11 is -5.88. The van der Waals surface area contributed by atoms with Gasteiger partial charge in [0.15, 0.2) is 0 Å². The molecule has 9 heavy (non-hydrogen) atoms. The van der Waals surface area contributed by atoms with Crippen molar-refractivity contribution >= 4 is 14.5 Å². The standard InChI is InChI=1S/AsH3O4.3Na.H2O/c2-1(3,4)5;;;;/h(H3,2,3,4,5);;;;1H2/q;3*+1;/p-3. The molecule has 0 bridgehead atoms. The van der Waals surface area contributed by atoms with Crippen molar-refractivity contribution in [2.75, 3.05) is 0 Å². The van der Waals surface area contributed by atoms with Crippen LogP contribution in [-0.2, 0) is 3.74 Å². The molecule has 5 nitrogen and oxygen atoms in total. The first-order valence-corrected chi connectivity index (χ1v) is 3.79. The maximum absolute atomic E-state index is 8.61. The number of hydrogen-bond acceptors (Lipinski definition) is 4. The minimum Gasteiger partial charge on any atom is 1.00 e. The Balaban J connectivity index is -0.0000000133. The van der Waals surface area contributed by atoms with E-state index in [1.54, 1.807) is 0 Å². The summed E-state index contributed by atoms with van der Waals surface area (Å²) in [5.41, 5.74) is 0. The van der Waals surface area contributed by atoms with Crippen LogP contribution in [0.1, 0.15) is 0 Å². The van der Waals surface area contributed by atoms with Gasteiger partial charge in [0.05, 0.1) is 0 Å². The molecule has 0 aromatic carbocycles. The topological polar surface area (TPSA) is 118 Å². The van der Waals surface area contributed by atoms with E-state index in [2.05, 4.69) is 0 Å². The van der Waals surface area contributed by atoms with E-state index in [9.17, 15) is 0 Å². The fourth-order valence-electron chi connectivity index (χ4n) is 0. The zero-order valence-electron chi connectivity index (χ0n) is 5.58. The molecule has 0 heterocycles. The van der Waals surface area contributed by atoms with Crippen molar-refractivity contribution in [3.8, 4) is 0 Å². The summed E-state index contributed by atoms with van der Waals surface area (Å²) < 4.78 is 34.4. The van der Waals surface area contributed by atoms with Crippen molar-refractivity contribution < 1.29 is 110 Å². The van der Waals surface area contributed by atoms with Crippen molar-refractivity contribution in [3.63, 3.8) is 0 Å². The predicted molar refractivity (Wildman–Crippen MR) is 10.1 cm³/mol. The van der Waals surface area contributed by atoms with Crippen LogP contribution in [-0.4, -0.2) is 20.0 Å². The van der Waals surface area contributed by atoms with Gasteiger partial charge in [-0.3, -0.25) is 0 Å². The van der Waals surface area contributed by atoms with E-state index in [-0.39, 0.29) is 94.1 Å². The maximum atomic E-state index is 8.61. The quantitative estimate of drug-likeness (QED) is 0.381. The molecule has 0 aliphatic carbocycles. The fourth-order valence-corrected chi connectivity index (χ4v) is 0. The van der Waals surface area contributed by atoms with Crippen molar-refractivity contribution in [1.29, 1.82) is 0 Å². The summed E-state index contributed by atoms with van der Waals surface area (Å²) in [6.45, 7) is 0. The summed E-state index contributed by atoms with van der Waals surface area (Å²) in [5, 5.41) is 0. The molecule has 0 spiro atoms. The monoisotopic (exact) mass is 226 g/mol. The Kier molecular flexibility index (Phi) is 45.2. The first-order valence-electron chi connectivity index (χ1n) is 0.730. The fraction of sp³-hybridized carbons (Fsp3) is 0. The molecule has 9 heteroatoms. The Morgan fingerprint density at radius 2 is 0.889 bits per heavy atom.